The number of hydrogen-bond acceptors (Lipinski definition) is 4. The molecular formula is C22H30O4. The number of hydrogen-bond donors (Lipinski definition) is 1. The number of carbonyl (C=O) groups excluding carboxylic acids is 1. The fourth-order valence-electron chi connectivity index (χ4n) is 4.22. The molecule has 0 fully saturated rings. The van der Waals surface area contributed by atoms with Crippen molar-refractivity contribution >= 4 is 5.78 Å². The number of Topliss-reactive ketones (excluding diaryl/α,β-unsaturated/α-hetero) is 1. The number of phenols is 1. The molecule has 3 rings (SSSR count). The number of ether oxygens (including phenoxy) is 2. The lowest BCUT2D eigenvalue weighted by atomic mass is 9.71. The lowest BCUT2D eigenvalue weighted by Gasteiger charge is -2.35. The van der Waals surface area contributed by atoms with Crippen LogP contribution in [0.2, 0.25) is 0 Å². The van der Waals surface area contributed by atoms with E-state index in [9.17, 15) is 9.90 Å². The van der Waals surface area contributed by atoms with Crippen LogP contribution in [0.15, 0.2) is 18.2 Å². The second-order valence-electron chi connectivity index (χ2n) is 8.58. The molecule has 0 saturated heterocycles. The lowest BCUT2D eigenvalue weighted by Crippen LogP contribution is -2.36. The Balaban J connectivity index is 2.14. The van der Waals surface area contributed by atoms with Gasteiger partial charge in [0.2, 0.25) is 0 Å². The van der Waals surface area contributed by atoms with E-state index in [2.05, 4.69) is 32.9 Å². The Hall–Kier alpha value is -1.97. The Morgan fingerprint density at radius 1 is 1.38 bits per heavy atom. The number of benzene rings is 1. The lowest BCUT2D eigenvalue weighted by molar-refractivity contribution is 0.0944. The molecule has 1 aromatic carbocycles. The summed E-state index contributed by atoms with van der Waals surface area (Å²) >= 11 is 0. The van der Waals surface area contributed by atoms with Gasteiger partial charge < -0.3 is 14.6 Å². The van der Waals surface area contributed by atoms with Crippen molar-refractivity contribution in [1.29, 1.82) is 0 Å². The standard InChI is InChI=1S/C22H30O4/c1-12(2)9-16(23)20-17(24)11-18(25-6)19-15-10-14(13(3)4)7-8-22(15,5)26-21(19)20/h7-8,11-15,24H,9-10H2,1-6H3/t14-,15-,22-/m1/s1. The summed E-state index contributed by atoms with van der Waals surface area (Å²) in [5.41, 5.74) is 0.719. The number of fused-ring (bicyclic) bond motifs is 3. The average Bonchev–Trinajstić information content (AvgIpc) is 2.84. The summed E-state index contributed by atoms with van der Waals surface area (Å²) < 4.78 is 11.9. The number of methoxy groups -OCH3 is 1. The largest absolute Gasteiger partial charge is 0.507 e. The molecule has 0 spiro atoms. The molecule has 2 aliphatic rings. The number of aromatic hydroxyl groups is 1. The molecule has 4 nitrogen and oxygen atoms in total. The minimum Gasteiger partial charge on any atom is -0.507 e. The van der Waals surface area contributed by atoms with E-state index >= 15 is 0 Å². The molecule has 0 unspecified atom stereocenters. The zero-order chi connectivity index (χ0) is 19.2. The van der Waals surface area contributed by atoms with Gasteiger partial charge >= 0.3 is 0 Å². The topological polar surface area (TPSA) is 55.8 Å². The molecule has 0 aromatic heterocycles. The van der Waals surface area contributed by atoms with Crippen molar-refractivity contribution in [2.45, 2.75) is 59.0 Å². The highest BCUT2D eigenvalue weighted by atomic mass is 16.5. The number of phenolic OH excluding ortho intramolecular Hbond substituents is 1. The highest BCUT2D eigenvalue weighted by molar-refractivity contribution is 6.02. The van der Waals surface area contributed by atoms with Crippen molar-refractivity contribution in [1.82, 2.24) is 0 Å². The van der Waals surface area contributed by atoms with Crippen LogP contribution in [0.4, 0.5) is 0 Å². The van der Waals surface area contributed by atoms with Crippen molar-refractivity contribution in [2.75, 3.05) is 7.11 Å². The normalized spacial score (nSPS) is 26.6. The predicted molar refractivity (Wildman–Crippen MR) is 102 cm³/mol. The maximum absolute atomic E-state index is 12.8. The Morgan fingerprint density at radius 3 is 2.65 bits per heavy atom. The van der Waals surface area contributed by atoms with Gasteiger partial charge in [-0.1, -0.05) is 33.8 Å². The summed E-state index contributed by atoms with van der Waals surface area (Å²) in [5.74, 6) is 2.28. The summed E-state index contributed by atoms with van der Waals surface area (Å²) in [4.78, 5) is 12.8. The molecule has 26 heavy (non-hydrogen) atoms. The molecular weight excluding hydrogens is 328 g/mol. The van der Waals surface area contributed by atoms with E-state index in [0.717, 1.165) is 12.0 Å². The Labute approximate surface area is 156 Å². The van der Waals surface area contributed by atoms with Gasteiger partial charge in [0.15, 0.2) is 5.78 Å². The van der Waals surface area contributed by atoms with E-state index in [-0.39, 0.29) is 23.4 Å². The molecule has 1 N–H and O–H groups in total. The van der Waals surface area contributed by atoms with Gasteiger partial charge in [0.1, 0.15) is 28.4 Å². The molecule has 1 aromatic rings. The van der Waals surface area contributed by atoms with Gasteiger partial charge in [0.25, 0.3) is 0 Å². The second kappa shape index (κ2) is 6.64. The van der Waals surface area contributed by atoms with Crippen LogP contribution >= 0.6 is 0 Å². The number of carbonyl (C=O) groups is 1. The minimum absolute atomic E-state index is 0.0575. The van der Waals surface area contributed by atoms with E-state index in [0.29, 0.717) is 35.3 Å². The molecule has 1 heterocycles. The number of allylic oxidation sites excluding steroid dienone is 1. The first-order valence-corrected chi connectivity index (χ1v) is 9.53. The molecule has 0 amide bonds. The van der Waals surface area contributed by atoms with Crippen molar-refractivity contribution in [3.05, 3.63) is 29.3 Å². The van der Waals surface area contributed by atoms with Gasteiger partial charge in [0.05, 0.1) is 7.11 Å². The molecule has 0 bridgehead atoms. The fourth-order valence-corrected chi connectivity index (χ4v) is 4.22. The van der Waals surface area contributed by atoms with Gasteiger partial charge in [0, 0.05) is 24.0 Å². The summed E-state index contributed by atoms with van der Waals surface area (Å²) in [7, 11) is 1.60. The van der Waals surface area contributed by atoms with Gasteiger partial charge in [-0.2, -0.15) is 0 Å². The third kappa shape index (κ3) is 3.00. The number of ketones is 1. The molecule has 142 valence electrons. The van der Waals surface area contributed by atoms with Gasteiger partial charge in [-0.25, -0.2) is 0 Å². The Kier molecular flexibility index (Phi) is 4.80. The first-order valence-electron chi connectivity index (χ1n) is 9.53. The van der Waals surface area contributed by atoms with Crippen LogP contribution in [0.5, 0.6) is 17.2 Å². The highest BCUT2D eigenvalue weighted by Gasteiger charge is 2.50. The van der Waals surface area contributed by atoms with Crippen LogP contribution in [0.1, 0.15) is 69.3 Å². The van der Waals surface area contributed by atoms with E-state index in [1.54, 1.807) is 13.2 Å². The van der Waals surface area contributed by atoms with Gasteiger partial charge in [-0.3, -0.25) is 4.79 Å². The van der Waals surface area contributed by atoms with Crippen LogP contribution in [0, 0.1) is 17.8 Å². The first-order chi connectivity index (χ1) is 12.2. The number of rotatable bonds is 5. The first kappa shape index (κ1) is 18.8. The van der Waals surface area contributed by atoms with E-state index in [1.165, 1.54) is 0 Å². The van der Waals surface area contributed by atoms with Crippen LogP contribution in [0.25, 0.3) is 0 Å². The molecule has 4 heteroatoms. The van der Waals surface area contributed by atoms with Crippen LogP contribution < -0.4 is 9.47 Å². The summed E-state index contributed by atoms with van der Waals surface area (Å²) in [6.07, 6.45) is 5.67. The smallest absolute Gasteiger partial charge is 0.170 e. The van der Waals surface area contributed by atoms with E-state index in [1.807, 2.05) is 13.8 Å². The Bertz CT molecular complexity index is 747. The van der Waals surface area contributed by atoms with Crippen molar-refractivity contribution in [3.8, 4) is 17.2 Å². The van der Waals surface area contributed by atoms with Crippen molar-refractivity contribution < 1.29 is 19.4 Å². The molecule has 0 radical (unpaired) electrons. The highest BCUT2D eigenvalue weighted by Crippen LogP contribution is 2.57. The van der Waals surface area contributed by atoms with Gasteiger partial charge in [-0.05, 0) is 37.2 Å². The monoisotopic (exact) mass is 358 g/mol. The molecule has 1 aliphatic carbocycles. The van der Waals surface area contributed by atoms with E-state index in [4.69, 9.17) is 9.47 Å². The zero-order valence-electron chi connectivity index (χ0n) is 16.6. The van der Waals surface area contributed by atoms with Crippen molar-refractivity contribution in [2.24, 2.45) is 17.8 Å². The molecule has 1 aliphatic heterocycles. The van der Waals surface area contributed by atoms with Crippen LogP contribution in [0.3, 0.4) is 0 Å². The van der Waals surface area contributed by atoms with Crippen molar-refractivity contribution in [3.63, 3.8) is 0 Å². The van der Waals surface area contributed by atoms with Crippen LogP contribution in [-0.2, 0) is 0 Å². The molecule has 3 atom stereocenters. The van der Waals surface area contributed by atoms with Crippen LogP contribution in [-0.4, -0.2) is 23.6 Å². The molecule has 0 saturated carbocycles. The maximum atomic E-state index is 12.8. The summed E-state index contributed by atoms with van der Waals surface area (Å²) in [6.45, 7) is 10.5. The minimum atomic E-state index is -0.512. The predicted octanol–water partition coefficient (Wildman–Crippen LogP) is 5.10. The second-order valence-corrected chi connectivity index (χ2v) is 8.58. The maximum Gasteiger partial charge on any atom is 0.170 e. The van der Waals surface area contributed by atoms with Gasteiger partial charge in [-0.15, -0.1) is 0 Å². The fraction of sp³-hybridized carbons (Fsp3) is 0.591. The average molecular weight is 358 g/mol. The summed E-state index contributed by atoms with van der Waals surface area (Å²) in [6, 6.07) is 1.57. The SMILES string of the molecule is COc1cc(O)c(C(=O)CC(C)C)c2c1[C@H]1C[C@H](C(C)C)C=C[C@@]1(C)O2. The zero-order valence-corrected chi connectivity index (χ0v) is 16.6. The quantitative estimate of drug-likeness (QED) is 0.588. The van der Waals surface area contributed by atoms with E-state index < -0.39 is 5.60 Å². The third-order valence-corrected chi connectivity index (χ3v) is 5.75. The summed E-state index contributed by atoms with van der Waals surface area (Å²) in [5, 5.41) is 10.5. The third-order valence-electron chi connectivity index (χ3n) is 5.75. The Morgan fingerprint density at radius 2 is 2.08 bits per heavy atom.